The van der Waals surface area contributed by atoms with Crippen LogP contribution in [0.5, 0.6) is 5.75 Å². The quantitative estimate of drug-likeness (QED) is 0.454. The summed E-state index contributed by atoms with van der Waals surface area (Å²) in [6.45, 7) is 6.10. The molecule has 12 heteroatoms. The Bertz CT molecular complexity index is 1290. The SMILES string of the molecule is COc1ccc(NC(=O)c2cnc(C(F)(F)F)[nH]2)cc1S(=O)(=O)Nc1ccc(C(C)(C)C)cc1. The molecule has 0 fully saturated rings. The van der Waals surface area contributed by atoms with Crippen LogP contribution in [0.15, 0.2) is 53.6 Å². The van der Waals surface area contributed by atoms with Crippen molar-refractivity contribution in [2.24, 2.45) is 0 Å². The summed E-state index contributed by atoms with van der Waals surface area (Å²) >= 11 is 0. The van der Waals surface area contributed by atoms with Crippen molar-refractivity contribution in [1.82, 2.24) is 9.97 Å². The summed E-state index contributed by atoms with van der Waals surface area (Å²) in [4.78, 5) is 17.1. The number of nitrogens with one attached hydrogen (secondary N) is 3. The third-order valence-corrected chi connectivity index (χ3v) is 6.21. The van der Waals surface area contributed by atoms with Gasteiger partial charge in [-0.15, -0.1) is 0 Å². The van der Waals surface area contributed by atoms with E-state index in [1.54, 1.807) is 12.1 Å². The number of alkyl halides is 3. The standard InChI is InChI=1S/C22H23F3N4O4S/c1-21(2,3)13-5-7-14(8-6-13)29-34(31,32)18-11-15(9-10-17(18)33-4)27-19(30)16-12-26-20(28-16)22(23,24)25/h5-12,29H,1-4H3,(H,26,28)(H,27,30). The highest BCUT2D eigenvalue weighted by atomic mass is 32.2. The van der Waals surface area contributed by atoms with Crippen molar-refractivity contribution in [3.63, 3.8) is 0 Å². The Kier molecular flexibility index (Phi) is 6.65. The largest absolute Gasteiger partial charge is 0.495 e. The van der Waals surface area contributed by atoms with Gasteiger partial charge in [0, 0.05) is 11.4 Å². The molecule has 8 nitrogen and oxygen atoms in total. The van der Waals surface area contributed by atoms with E-state index in [1.165, 1.54) is 19.2 Å². The van der Waals surface area contributed by atoms with E-state index in [1.807, 2.05) is 37.9 Å². The number of halogens is 3. The predicted octanol–water partition coefficient (Wildman–Crippen LogP) is 4.79. The fourth-order valence-corrected chi connectivity index (χ4v) is 4.25. The summed E-state index contributed by atoms with van der Waals surface area (Å²) in [5.74, 6) is -2.24. The monoisotopic (exact) mass is 496 g/mol. The van der Waals surface area contributed by atoms with Gasteiger partial charge in [-0.2, -0.15) is 13.2 Å². The molecule has 2 aromatic carbocycles. The van der Waals surface area contributed by atoms with E-state index >= 15 is 0 Å². The molecule has 1 heterocycles. The van der Waals surface area contributed by atoms with Crippen LogP contribution in [0.3, 0.4) is 0 Å². The van der Waals surface area contributed by atoms with Crippen molar-refractivity contribution in [2.45, 2.75) is 37.3 Å². The molecule has 3 rings (SSSR count). The summed E-state index contributed by atoms with van der Waals surface area (Å²) in [6, 6.07) is 10.7. The van der Waals surface area contributed by atoms with Crippen molar-refractivity contribution in [2.75, 3.05) is 17.1 Å². The number of anilines is 2. The van der Waals surface area contributed by atoms with Crippen LogP contribution in [-0.4, -0.2) is 31.4 Å². The molecule has 0 saturated heterocycles. The molecule has 0 atom stereocenters. The summed E-state index contributed by atoms with van der Waals surface area (Å²) in [5, 5.41) is 2.35. The van der Waals surface area contributed by atoms with Crippen molar-refractivity contribution in [3.8, 4) is 5.75 Å². The van der Waals surface area contributed by atoms with E-state index in [0.717, 1.165) is 17.8 Å². The molecule has 3 aromatic rings. The maximum absolute atomic E-state index is 13.0. The number of hydrogen-bond acceptors (Lipinski definition) is 5. The number of methoxy groups -OCH3 is 1. The van der Waals surface area contributed by atoms with Crippen molar-refractivity contribution < 1.29 is 31.1 Å². The first-order valence-corrected chi connectivity index (χ1v) is 11.4. The highest BCUT2D eigenvalue weighted by Crippen LogP contribution is 2.30. The Morgan fingerprint density at radius 1 is 1.03 bits per heavy atom. The maximum atomic E-state index is 13.0. The van der Waals surface area contributed by atoms with Gasteiger partial charge in [0.2, 0.25) is 5.82 Å². The molecule has 0 aliphatic carbocycles. The fourth-order valence-electron chi connectivity index (χ4n) is 2.99. The van der Waals surface area contributed by atoms with Gasteiger partial charge in [0.25, 0.3) is 15.9 Å². The second kappa shape index (κ2) is 9.01. The van der Waals surface area contributed by atoms with Gasteiger partial charge in [-0.05, 0) is 41.3 Å². The number of hydrogen-bond donors (Lipinski definition) is 3. The molecule has 3 N–H and O–H groups in total. The summed E-state index contributed by atoms with van der Waals surface area (Å²) in [7, 11) is -2.85. The zero-order chi connectivity index (χ0) is 25.3. The van der Waals surface area contributed by atoms with E-state index in [4.69, 9.17) is 4.74 Å². The third-order valence-electron chi connectivity index (χ3n) is 4.80. The second-order valence-corrected chi connectivity index (χ2v) is 10.0. The molecular formula is C22H23F3N4O4S. The van der Waals surface area contributed by atoms with E-state index in [2.05, 4.69) is 15.0 Å². The number of rotatable bonds is 6. The van der Waals surface area contributed by atoms with Crippen LogP contribution in [0.2, 0.25) is 0 Å². The highest BCUT2D eigenvalue weighted by molar-refractivity contribution is 7.92. The number of nitrogens with zero attached hydrogens (tertiary/aromatic N) is 1. The zero-order valence-electron chi connectivity index (χ0n) is 18.7. The smallest absolute Gasteiger partial charge is 0.449 e. The number of imidazole rings is 1. The Morgan fingerprint density at radius 2 is 1.65 bits per heavy atom. The van der Waals surface area contributed by atoms with Crippen LogP contribution in [0, 0.1) is 0 Å². The number of benzene rings is 2. The lowest BCUT2D eigenvalue weighted by Gasteiger charge is -2.19. The van der Waals surface area contributed by atoms with Crippen LogP contribution in [0.25, 0.3) is 0 Å². The lowest BCUT2D eigenvalue weighted by Crippen LogP contribution is -2.17. The van der Waals surface area contributed by atoms with E-state index < -0.39 is 33.6 Å². The number of carbonyl (C=O) groups excluding carboxylic acids is 1. The Hall–Kier alpha value is -3.54. The Labute approximate surface area is 194 Å². The van der Waals surface area contributed by atoms with Crippen LogP contribution >= 0.6 is 0 Å². The van der Waals surface area contributed by atoms with E-state index in [9.17, 15) is 26.4 Å². The summed E-state index contributed by atoms with van der Waals surface area (Å²) in [6.07, 6.45) is -4.00. The molecule has 34 heavy (non-hydrogen) atoms. The molecule has 0 aliphatic heterocycles. The number of carbonyl (C=O) groups is 1. The van der Waals surface area contributed by atoms with Crippen LogP contribution < -0.4 is 14.8 Å². The van der Waals surface area contributed by atoms with Gasteiger partial charge in [-0.25, -0.2) is 13.4 Å². The van der Waals surface area contributed by atoms with Gasteiger partial charge < -0.3 is 15.0 Å². The van der Waals surface area contributed by atoms with Crippen molar-refractivity contribution in [3.05, 3.63) is 65.7 Å². The van der Waals surface area contributed by atoms with Gasteiger partial charge in [0.15, 0.2) is 0 Å². The van der Waals surface area contributed by atoms with Crippen LogP contribution in [0.1, 0.15) is 42.6 Å². The zero-order valence-corrected chi connectivity index (χ0v) is 19.6. The topological polar surface area (TPSA) is 113 Å². The normalized spacial score (nSPS) is 12.3. The number of ether oxygens (including phenoxy) is 1. The minimum Gasteiger partial charge on any atom is -0.495 e. The minimum atomic E-state index is -4.74. The summed E-state index contributed by atoms with van der Waals surface area (Å²) < 4.78 is 71.8. The number of aromatic amines is 1. The lowest BCUT2D eigenvalue weighted by atomic mass is 9.87. The average Bonchev–Trinajstić information content (AvgIpc) is 3.24. The molecular weight excluding hydrogens is 473 g/mol. The average molecular weight is 497 g/mol. The molecule has 0 saturated carbocycles. The number of sulfonamides is 1. The summed E-state index contributed by atoms with van der Waals surface area (Å²) in [5.41, 5.74) is 0.816. The predicted molar refractivity (Wildman–Crippen MR) is 120 cm³/mol. The van der Waals surface area contributed by atoms with Gasteiger partial charge in [0.1, 0.15) is 16.3 Å². The van der Waals surface area contributed by atoms with Gasteiger partial charge in [-0.3, -0.25) is 9.52 Å². The molecule has 0 spiro atoms. The van der Waals surface area contributed by atoms with E-state index in [0.29, 0.717) is 5.69 Å². The molecule has 0 aliphatic rings. The second-order valence-electron chi connectivity index (χ2n) is 8.40. The Balaban J connectivity index is 1.85. The van der Waals surface area contributed by atoms with Gasteiger partial charge in [-0.1, -0.05) is 32.9 Å². The molecule has 0 bridgehead atoms. The molecule has 0 unspecified atom stereocenters. The van der Waals surface area contributed by atoms with Crippen molar-refractivity contribution in [1.29, 1.82) is 0 Å². The molecule has 0 radical (unpaired) electrons. The number of H-pyrrole nitrogens is 1. The molecule has 1 amide bonds. The van der Waals surface area contributed by atoms with Crippen LogP contribution in [0.4, 0.5) is 24.5 Å². The molecule has 182 valence electrons. The first-order chi connectivity index (χ1) is 15.7. The van der Waals surface area contributed by atoms with Gasteiger partial charge in [0.05, 0.1) is 13.3 Å². The Morgan fingerprint density at radius 3 is 2.18 bits per heavy atom. The number of aromatic nitrogens is 2. The first kappa shape index (κ1) is 25.1. The lowest BCUT2D eigenvalue weighted by molar-refractivity contribution is -0.144. The minimum absolute atomic E-state index is 0.0118. The highest BCUT2D eigenvalue weighted by Gasteiger charge is 2.35. The van der Waals surface area contributed by atoms with E-state index in [-0.39, 0.29) is 21.7 Å². The maximum Gasteiger partial charge on any atom is 0.449 e. The fraction of sp³-hybridized carbons (Fsp3) is 0.273. The van der Waals surface area contributed by atoms with Gasteiger partial charge >= 0.3 is 6.18 Å². The first-order valence-electron chi connectivity index (χ1n) is 9.95. The van der Waals surface area contributed by atoms with Crippen molar-refractivity contribution >= 4 is 27.3 Å². The number of amides is 1. The molecule has 1 aromatic heterocycles. The van der Waals surface area contributed by atoms with Crippen LogP contribution in [-0.2, 0) is 21.6 Å². The third kappa shape index (κ3) is 5.68.